The van der Waals surface area contributed by atoms with Gasteiger partial charge in [0.25, 0.3) is 0 Å². The molecule has 0 radical (unpaired) electrons. The van der Waals surface area contributed by atoms with Gasteiger partial charge in [-0.05, 0) is 19.1 Å². The van der Waals surface area contributed by atoms with E-state index >= 15 is 0 Å². The highest BCUT2D eigenvalue weighted by molar-refractivity contribution is 6.02. The molecule has 8 heteroatoms. The normalized spacial score (nSPS) is 22.4. The molecule has 25 heavy (non-hydrogen) atoms. The summed E-state index contributed by atoms with van der Waals surface area (Å²) in [6, 6.07) is 5.80. The first-order valence-corrected chi connectivity index (χ1v) is 7.87. The lowest BCUT2D eigenvalue weighted by Gasteiger charge is -2.15. The molecular weight excluding hydrogens is 332 g/mol. The molecule has 0 amide bonds. The maximum atomic E-state index is 12.3. The van der Waals surface area contributed by atoms with Crippen molar-refractivity contribution in [1.29, 1.82) is 0 Å². The number of esters is 2. The van der Waals surface area contributed by atoms with Crippen LogP contribution in [0.4, 0.5) is 0 Å². The van der Waals surface area contributed by atoms with Gasteiger partial charge in [-0.3, -0.25) is 4.79 Å². The smallest absolute Gasteiger partial charge is 0.339 e. The fourth-order valence-corrected chi connectivity index (χ4v) is 2.55. The van der Waals surface area contributed by atoms with E-state index in [1.54, 1.807) is 13.0 Å². The van der Waals surface area contributed by atoms with E-state index < -0.39 is 36.2 Å². The number of hydrogen-bond acceptors (Lipinski definition) is 7. The lowest BCUT2D eigenvalue weighted by Crippen LogP contribution is -2.25. The average molecular weight is 352 g/mol. The number of carbonyl (C=O) groups excluding carboxylic acids is 2. The van der Waals surface area contributed by atoms with Gasteiger partial charge in [0, 0.05) is 6.42 Å². The minimum absolute atomic E-state index is 0.00291. The van der Waals surface area contributed by atoms with E-state index in [1.165, 1.54) is 18.2 Å². The number of hydrogen-bond donors (Lipinski definition) is 2. The van der Waals surface area contributed by atoms with Crippen LogP contribution in [0.1, 0.15) is 40.5 Å². The van der Waals surface area contributed by atoms with Crippen molar-refractivity contribution in [2.45, 2.75) is 38.1 Å². The van der Waals surface area contributed by atoms with Crippen molar-refractivity contribution in [2.75, 3.05) is 13.2 Å². The second-order valence-electron chi connectivity index (χ2n) is 5.65. The largest absolute Gasteiger partial charge is 0.478 e. The molecule has 2 rings (SSSR count). The molecule has 1 aromatic carbocycles. The second kappa shape index (κ2) is 8.59. The van der Waals surface area contributed by atoms with Crippen LogP contribution in [0, 0.1) is 0 Å². The van der Waals surface area contributed by atoms with Gasteiger partial charge in [0.05, 0.1) is 36.4 Å². The quantitative estimate of drug-likeness (QED) is 0.698. The first kappa shape index (κ1) is 18.9. The third kappa shape index (κ3) is 5.01. The molecule has 136 valence electrons. The van der Waals surface area contributed by atoms with Gasteiger partial charge in [-0.25, -0.2) is 9.59 Å². The number of aliphatic hydroxyl groups excluding tert-OH is 1. The Morgan fingerprint density at radius 3 is 2.56 bits per heavy atom. The second-order valence-corrected chi connectivity index (χ2v) is 5.65. The van der Waals surface area contributed by atoms with Crippen LogP contribution in [0.5, 0.6) is 0 Å². The zero-order valence-corrected chi connectivity index (χ0v) is 13.7. The minimum Gasteiger partial charge on any atom is -0.478 e. The van der Waals surface area contributed by atoms with Crippen LogP contribution >= 0.6 is 0 Å². The molecule has 1 aromatic rings. The summed E-state index contributed by atoms with van der Waals surface area (Å²) in [5, 5.41) is 17.8. The molecule has 3 atom stereocenters. The van der Waals surface area contributed by atoms with Crippen LogP contribution in [-0.2, 0) is 19.0 Å². The molecule has 0 aromatic heterocycles. The lowest BCUT2D eigenvalue weighted by atomic mass is 10.1. The van der Waals surface area contributed by atoms with E-state index in [0.29, 0.717) is 6.42 Å². The maximum absolute atomic E-state index is 12.3. The minimum atomic E-state index is -1.21. The van der Waals surface area contributed by atoms with Crippen LogP contribution in [0.15, 0.2) is 24.3 Å². The molecule has 0 saturated carbocycles. The highest BCUT2D eigenvalue weighted by atomic mass is 16.6. The Labute approximate surface area is 144 Å². The predicted octanol–water partition coefficient (Wildman–Crippen LogP) is 1.01. The summed E-state index contributed by atoms with van der Waals surface area (Å²) >= 11 is 0. The summed E-state index contributed by atoms with van der Waals surface area (Å²) in [5.74, 6) is -2.48. The average Bonchev–Trinajstić information content (AvgIpc) is 2.93. The third-order valence-electron chi connectivity index (χ3n) is 3.81. The van der Waals surface area contributed by atoms with Gasteiger partial charge in [-0.15, -0.1) is 0 Å². The molecule has 0 aliphatic carbocycles. The summed E-state index contributed by atoms with van der Waals surface area (Å²) < 4.78 is 15.9. The first-order chi connectivity index (χ1) is 11.9. The Hall–Kier alpha value is -2.45. The third-order valence-corrected chi connectivity index (χ3v) is 3.81. The topological polar surface area (TPSA) is 119 Å². The molecule has 1 heterocycles. The standard InChI is InChI=1S/C17H20O8/c1-10-14(8-11(24-10)9-23-15(19)6-7-18)25-17(22)13-5-3-2-4-12(13)16(20)21/h2-5,10-11,14,18H,6-9H2,1H3,(H,20,21)/t10-,11-,14+/m0/s1. The number of aromatic carboxylic acids is 1. The highest BCUT2D eigenvalue weighted by Gasteiger charge is 2.36. The fraction of sp³-hybridized carbons (Fsp3) is 0.471. The molecular formula is C17H20O8. The maximum Gasteiger partial charge on any atom is 0.339 e. The van der Waals surface area contributed by atoms with Crippen molar-refractivity contribution in [3.05, 3.63) is 35.4 Å². The highest BCUT2D eigenvalue weighted by Crippen LogP contribution is 2.25. The lowest BCUT2D eigenvalue weighted by molar-refractivity contribution is -0.148. The van der Waals surface area contributed by atoms with Gasteiger partial charge >= 0.3 is 17.9 Å². The Kier molecular flexibility index (Phi) is 6.49. The number of carboxylic acids is 1. The summed E-state index contributed by atoms with van der Waals surface area (Å²) in [6.45, 7) is 1.43. The van der Waals surface area contributed by atoms with Crippen LogP contribution in [0.3, 0.4) is 0 Å². The van der Waals surface area contributed by atoms with Crippen LogP contribution in [0.25, 0.3) is 0 Å². The monoisotopic (exact) mass is 352 g/mol. The Morgan fingerprint density at radius 2 is 1.92 bits per heavy atom. The van der Waals surface area contributed by atoms with Crippen molar-refractivity contribution in [3.8, 4) is 0 Å². The van der Waals surface area contributed by atoms with E-state index in [0.717, 1.165) is 0 Å². The number of aliphatic hydroxyl groups is 1. The van der Waals surface area contributed by atoms with Gasteiger partial charge in [-0.1, -0.05) is 12.1 Å². The van der Waals surface area contributed by atoms with Crippen molar-refractivity contribution >= 4 is 17.9 Å². The van der Waals surface area contributed by atoms with Gasteiger partial charge < -0.3 is 24.4 Å². The Balaban J connectivity index is 1.93. The molecule has 1 saturated heterocycles. The van der Waals surface area contributed by atoms with Crippen LogP contribution in [-0.4, -0.2) is 59.6 Å². The number of carboxylic acid groups (broad SMARTS) is 1. The molecule has 0 unspecified atom stereocenters. The van der Waals surface area contributed by atoms with Crippen molar-refractivity contribution < 1.29 is 38.8 Å². The zero-order valence-electron chi connectivity index (χ0n) is 13.7. The van der Waals surface area contributed by atoms with E-state index in [1.807, 2.05) is 0 Å². The molecule has 2 N–H and O–H groups in total. The van der Waals surface area contributed by atoms with E-state index in [-0.39, 0.29) is 30.8 Å². The van der Waals surface area contributed by atoms with E-state index in [4.69, 9.17) is 24.4 Å². The fourth-order valence-electron chi connectivity index (χ4n) is 2.55. The summed E-state index contributed by atoms with van der Waals surface area (Å²) in [5.41, 5.74) is -0.159. The number of ether oxygens (including phenoxy) is 3. The van der Waals surface area contributed by atoms with Gasteiger partial charge in [0.15, 0.2) is 0 Å². The van der Waals surface area contributed by atoms with Crippen LogP contribution < -0.4 is 0 Å². The Morgan fingerprint density at radius 1 is 1.24 bits per heavy atom. The van der Waals surface area contributed by atoms with Gasteiger partial charge in [0.1, 0.15) is 12.7 Å². The molecule has 1 aliphatic heterocycles. The molecule has 1 fully saturated rings. The number of benzene rings is 1. The predicted molar refractivity (Wildman–Crippen MR) is 84.2 cm³/mol. The van der Waals surface area contributed by atoms with Crippen molar-refractivity contribution in [2.24, 2.45) is 0 Å². The number of carbonyl (C=O) groups is 3. The zero-order chi connectivity index (χ0) is 18.4. The summed E-state index contributed by atoms with van der Waals surface area (Å²) in [4.78, 5) is 34.7. The van der Waals surface area contributed by atoms with Gasteiger partial charge in [0.2, 0.25) is 0 Å². The SMILES string of the molecule is C[C@@H]1O[C@H](COC(=O)CCO)C[C@H]1OC(=O)c1ccccc1C(=O)O. The summed E-state index contributed by atoms with van der Waals surface area (Å²) in [6.07, 6.45) is -1.18. The van der Waals surface area contributed by atoms with E-state index in [2.05, 4.69) is 0 Å². The molecule has 0 bridgehead atoms. The first-order valence-electron chi connectivity index (χ1n) is 7.87. The number of rotatable bonds is 7. The van der Waals surface area contributed by atoms with Gasteiger partial charge in [-0.2, -0.15) is 0 Å². The Bertz CT molecular complexity index is 641. The molecule has 1 aliphatic rings. The summed E-state index contributed by atoms with van der Waals surface area (Å²) in [7, 11) is 0. The van der Waals surface area contributed by atoms with Crippen LogP contribution in [0.2, 0.25) is 0 Å². The van der Waals surface area contributed by atoms with Crippen molar-refractivity contribution in [1.82, 2.24) is 0 Å². The molecule has 8 nitrogen and oxygen atoms in total. The molecule has 0 spiro atoms. The van der Waals surface area contributed by atoms with Crippen molar-refractivity contribution in [3.63, 3.8) is 0 Å². The van der Waals surface area contributed by atoms with E-state index in [9.17, 15) is 14.4 Å².